The maximum Gasteiger partial charge on any atom is 0.276 e. The molecule has 0 aliphatic carbocycles. The minimum Gasteiger partial charge on any atom is -0.366 e. The van der Waals surface area contributed by atoms with Crippen LogP contribution in [0.15, 0.2) is 22.5 Å². The molecule has 0 saturated carbocycles. The second-order valence-electron chi connectivity index (χ2n) is 5.58. The van der Waals surface area contributed by atoms with E-state index < -0.39 is 5.91 Å². The van der Waals surface area contributed by atoms with Gasteiger partial charge in [0.2, 0.25) is 0 Å². The molecule has 3 heterocycles. The zero-order chi connectivity index (χ0) is 17.1. The van der Waals surface area contributed by atoms with Gasteiger partial charge in [-0.1, -0.05) is 6.42 Å². The van der Waals surface area contributed by atoms with Gasteiger partial charge in [-0.25, -0.2) is 4.31 Å². The van der Waals surface area contributed by atoms with Crippen LogP contribution in [0.1, 0.15) is 40.1 Å². The molecule has 3 rings (SSSR count). The Balaban J connectivity index is 1.75. The zero-order valence-electron chi connectivity index (χ0n) is 13.3. The molecule has 0 spiro atoms. The van der Waals surface area contributed by atoms with E-state index in [2.05, 4.69) is 14.7 Å². The van der Waals surface area contributed by atoms with E-state index in [4.69, 9.17) is 5.73 Å². The van der Waals surface area contributed by atoms with Gasteiger partial charge >= 0.3 is 0 Å². The van der Waals surface area contributed by atoms with Gasteiger partial charge in [0.1, 0.15) is 5.00 Å². The van der Waals surface area contributed by atoms with E-state index in [9.17, 15) is 9.59 Å². The minimum atomic E-state index is -0.548. The fourth-order valence-electron chi connectivity index (χ4n) is 2.48. The van der Waals surface area contributed by atoms with Crippen molar-refractivity contribution in [3.63, 3.8) is 0 Å². The average molecular weight is 365 g/mol. The largest absolute Gasteiger partial charge is 0.366 e. The van der Waals surface area contributed by atoms with Crippen LogP contribution in [0.3, 0.4) is 0 Å². The third kappa shape index (κ3) is 3.97. The smallest absolute Gasteiger partial charge is 0.276 e. The molecular formula is C15H19N5O2S2. The number of rotatable bonds is 5. The number of amides is 2. The first kappa shape index (κ1) is 17.0. The lowest BCUT2D eigenvalue weighted by molar-refractivity contribution is 0.100. The highest BCUT2D eigenvalue weighted by molar-refractivity contribution is 7.99. The second-order valence-corrected chi connectivity index (χ2v) is 8.03. The number of aromatic nitrogens is 2. The van der Waals surface area contributed by atoms with Crippen molar-refractivity contribution >= 4 is 40.1 Å². The van der Waals surface area contributed by atoms with Crippen LogP contribution in [0.5, 0.6) is 0 Å². The number of nitrogens with one attached hydrogen (secondary N) is 1. The molecule has 128 valence electrons. The average Bonchev–Trinajstić information content (AvgIpc) is 3.15. The molecule has 1 aliphatic heterocycles. The van der Waals surface area contributed by atoms with E-state index in [0.29, 0.717) is 16.3 Å². The Morgan fingerprint density at radius 2 is 2.08 bits per heavy atom. The fraction of sp³-hybridized carbons (Fsp3) is 0.400. The monoisotopic (exact) mass is 365 g/mol. The lowest BCUT2D eigenvalue weighted by Gasteiger charge is -2.24. The molecule has 3 N–H and O–H groups in total. The number of hydrogen-bond acceptors (Lipinski definition) is 6. The first-order valence-electron chi connectivity index (χ1n) is 7.70. The van der Waals surface area contributed by atoms with Gasteiger partial charge in [0, 0.05) is 26.3 Å². The summed E-state index contributed by atoms with van der Waals surface area (Å²) in [6.45, 7) is 2.06. The molecule has 0 aromatic carbocycles. The number of carbonyl (C=O) groups is 2. The third-order valence-corrected chi connectivity index (χ3v) is 5.92. The Bertz CT molecular complexity index is 749. The first-order chi connectivity index (χ1) is 11.5. The molecule has 2 aromatic rings. The van der Waals surface area contributed by atoms with Crippen molar-refractivity contribution in [1.29, 1.82) is 0 Å². The van der Waals surface area contributed by atoms with Crippen molar-refractivity contribution in [2.75, 3.05) is 18.4 Å². The molecule has 9 heteroatoms. The maximum atomic E-state index is 12.3. The van der Waals surface area contributed by atoms with Crippen LogP contribution in [-0.2, 0) is 7.05 Å². The molecular weight excluding hydrogens is 346 g/mol. The molecule has 0 unspecified atom stereocenters. The van der Waals surface area contributed by atoms with Crippen LogP contribution in [0.2, 0.25) is 0 Å². The van der Waals surface area contributed by atoms with E-state index in [0.717, 1.165) is 17.3 Å². The van der Waals surface area contributed by atoms with Crippen molar-refractivity contribution in [2.45, 2.75) is 23.5 Å². The summed E-state index contributed by atoms with van der Waals surface area (Å²) in [7, 11) is 1.74. The Hall–Kier alpha value is -1.84. The SMILES string of the molecule is Cn1ccc(C(=O)Nc2sc(SN3CCCCC3)cc2C(N)=O)n1. The Kier molecular flexibility index (Phi) is 5.22. The summed E-state index contributed by atoms with van der Waals surface area (Å²) in [6.07, 6.45) is 5.32. The van der Waals surface area contributed by atoms with Crippen molar-refractivity contribution in [3.8, 4) is 0 Å². The summed E-state index contributed by atoms with van der Waals surface area (Å²) in [5.74, 6) is -0.900. The van der Waals surface area contributed by atoms with Crippen molar-refractivity contribution in [2.24, 2.45) is 12.8 Å². The molecule has 0 bridgehead atoms. The van der Waals surface area contributed by atoms with E-state index >= 15 is 0 Å². The summed E-state index contributed by atoms with van der Waals surface area (Å²) >= 11 is 2.98. The highest BCUT2D eigenvalue weighted by atomic mass is 32.2. The van der Waals surface area contributed by atoms with Crippen LogP contribution in [0, 0.1) is 0 Å². The van der Waals surface area contributed by atoms with Crippen molar-refractivity contribution < 1.29 is 9.59 Å². The van der Waals surface area contributed by atoms with Crippen LogP contribution in [0.4, 0.5) is 5.00 Å². The zero-order valence-corrected chi connectivity index (χ0v) is 15.0. The molecule has 2 aromatic heterocycles. The molecule has 1 fully saturated rings. The fourth-order valence-corrected chi connectivity index (χ4v) is 4.85. The molecule has 24 heavy (non-hydrogen) atoms. The predicted molar refractivity (Wildman–Crippen MR) is 95.3 cm³/mol. The van der Waals surface area contributed by atoms with Gasteiger partial charge in [0.25, 0.3) is 11.8 Å². The van der Waals surface area contributed by atoms with E-state index in [1.165, 1.54) is 30.6 Å². The Morgan fingerprint density at radius 3 is 2.71 bits per heavy atom. The summed E-state index contributed by atoms with van der Waals surface area (Å²) in [5.41, 5.74) is 6.09. The highest BCUT2D eigenvalue weighted by Gasteiger charge is 2.20. The van der Waals surface area contributed by atoms with Crippen molar-refractivity contribution in [3.05, 3.63) is 29.6 Å². The first-order valence-corrected chi connectivity index (χ1v) is 9.29. The number of anilines is 1. The summed E-state index contributed by atoms with van der Waals surface area (Å²) < 4.78 is 4.78. The molecule has 7 nitrogen and oxygen atoms in total. The summed E-state index contributed by atoms with van der Waals surface area (Å²) in [6, 6.07) is 3.37. The van der Waals surface area contributed by atoms with Gasteiger partial charge in [-0.3, -0.25) is 14.3 Å². The van der Waals surface area contributed by atoms with Gasteiger partial charge < -0.3 is 11.1 Å². The molecule has 1 aliphatic rings. The lowest BCUT2D eigenvalue weighted by Crippen LogP contribution is -2.22. The number of hydrogen-bond donors (Lipinski definition) is 2. The highest BCUT2D eigenvalue weighted by Crippen LogP contribution is 2.37. The van der Waals surface area contributed by atoms with Crippen LogP contribution in [-0.4, -0.2) is 39.0 Å². The number of carbonyl (C=O) groups excluding carboxylic acids is 2. The van der Waals surface area contributed by atoms with E-state index in [-0.39, 0.29) is 5.91 Å². The van der Waals surface area contributed by atoms with E-state index in [1.54, 1.807) is 42.0 Å². The van der Waals surface area contributed by atoms with E-state index in [1.807, 2.05) is 0 Å². The van der Waals surface area contributed by atoms with Gasteiger partial charge in [-0.2, -0.15) is 5.10 Å². The van der Waals surface area contributed by atoms with Crippen molar-refractivity contribution in [1.82, 2.24) is 14.1 Å². The molecule has 0 radical (unpaired) electrons. The van der Waals surface area contributed by atoms with Gasteiger partial charge in [0.15, 0.2) is 5.69 Å². The van der Waals surface area contributed by atoms with Gasteiger partial charge in [-0.05, 0) is 36.9 Å². The third-order valence-electron chi connectivity index (χ3n) is 3.68. The number of nitrogens with two attached hydrogens (primary N) is 1. The minimum absolute atomic E-state index is 0.298. The standard InChI is InChI=1S/C15H19N5O2S2/c1-19-8-5-11(18-19)14(22)17-15-10(13(16)21)9-12(23-15)24-20-6-3-2-4-7-20/h5,8-9H,2-4,6-7H2,1H3,(H2,16,21)(H,17,22). The number of primary amides is 1. The lowest BCUT2D eigenvalue weighted by atomic mass is 10.2. The number of piperidine rings is 1. The molecule has 0 atom stereocenters. The molecule has 1 saturated heterocycles. The maximum absolute atomic E-state index is 12.3. The second kappa shape index (κ2) is 7.37. The van der Waals surface area contributed by atoms with Gasteiger partial charge in [-0.15, -0.1) is 11.3 Å². The summed E-state index contributed by atoms with van der Waals surface area (Å²) in [5, 5.41) is 7.28. The summed E-state index contributed by atoms with van der Waals surface area (Å²) in [4.78, 5) is 23.9. The van der Waals surface area contributed by atoms with Gasteiger partial charge in [0.05, 0.1) is 9.77 Å². The number of aryl methyl sites for hydroxylation is 1. The number of nitrogens with zero attached hydrogens (tertiary/aromatic N) is 3. The normalized spacial score (nSPS) is 15.4. The molecule has 2 amide bonds. The van der Waals surface area contributed by atoms with Crippen LogP contribution < -0.4 is 11.1 Å². The van der Waals surface area contributed by atoms with Crippen LogP contribution >= 0.6 is 23.3 Å². The predicted octanol–water partition coefficient (Wildman–Crippen LogP) is 2.33. The topological polar surface area (TPSA) is 93.3 Å². The Labute approximate surface area is 148 Å². The number of thiophene rings is 1. The quantitative estimate of drug-likeness (QED) is 0.793. The van der Waals surface area contributed by atoms with Crippen LogP contribution in [0.25, 0.3) is 0 Å². The Morgan fingerprint density at radius 1 is 1.33 bits per heavy atom.